The smallest absolute Gasteiger partial charge is 0.131 e. The summed E-state index contributed by atoms with van der Waals surface area (Å²) in [4.78, 5) is 0. The molecule has 6 heteroatoms. The van der Waals surface area contributed by atoms with Gasteiger partial charge in [-0.15, -0.1) is 0 Å². The Morgan fingerprint density at radius 1 is 0.412 bits per heavy atom. The van der Waals surface area contributed by atoms with Crippen molar-refractivity contribution >= 4 is 0 Å². The molecule has 0 atom stereocenters. The van der Waals surface area contributed by atoms with Gasteiger partial charge in [-0.2, -0.15) is 0 Å². The van der Waals surface area contributed by atoms with Gasteiger partial charge >= 0.3 is 0 Å². The van der Waals surface area contributed by atoms with Crippen molar-refractivity contribution in [1.29, 1.82) is 0 Å². The van der Waals surface area contributed by atoms with Crippen LogP contribution in [-0.2, 0) is 25.7 Å². The Bertz CT molecular complexity index is 1280. The quantitative estimate of drug-likeness (QED) is 0.236. The summed E-state index contributed by atoms with van der Waals surface area (Å²) in [7, 11) is 0. The third-order valence-electron chi connectivity index (χ3n) is 5.42. The zero-order valence-corrected chi connectivity index (χ0v) is 18.5. The molecule has 0 bridgehead atoms. The van der Waals surface area contributed by atoms with Gasteiger partial charge in [-0.25, -0.2) is 0 Å². The van der Waals surface area contributed by atoms with Crippen molar-refractivity contribution in [2.45, 2.75) is 25.7 Å². The van der Waals surface area contributed by atoms with Gasteiger partial charge in [-0.05, 0) is 96.5 Å². The topological polar surface area (TPSA) is 110 Å². The molecule has 0 unspecified atom stereocenters. The molecule has 0 aliphatic heterocycles. The van der Waals surface area contributed by atoms with Gasteiger partial charge in [0.25, 0.3) is 0 Å². The largest absolute Gasteiger partial charge is 0.508 e. The van der Waals surface area contributed by atoms with Crippen LogP contribution in [0.25, 0.3) is 0 Å². The predicted octanol–water partition coefficient (Wildman–Crippen LogP) is 5.58. The van der Waals surface area contributed by atoms with Gasteiger partial charge in [-0.1, -0.05) is 12.1 Å². The summed E-state index contributed by atoms with van der Waals surface area (Å²) in [5.41, 5.74) is 3.46. The summed E-state index contributed by atoms with van der Waals surface area (Å²) in [6, 6.07) is 21.5. The standard InChI is InChI=1S/C28H26O6/c29-22-3-1-2-18(8-22)4-5-20-11-25(32)16-27(13-20)34-28-14-21(12-26(33)17-28)7-6-19-9-23(30)15-24(31)10-19/h1-3,8-17,29-33H,4-7H2. The third kappa shape index (κ3) is 6.36. The molecular weight excluding hydrogens is 432 g/mol. The van der Waals surface area contributed by atoms with E-state index >= 15 is 0 Å². The van der Waals surface area contributed by atoms with Crippen molar-refractivity contribution in [3.63, 3.8) is 0 Å². The van der Waals surface area contributed by atoms with Gasteiger partial charge in [0.1, 0.15) is 40.2 Å². The minimum absolute atomic E-state index is 0.00122. The van der Waals surface area contributed by atoms with Crippen molar-refractivity contribution in [2.75, 3.05) is 0 Å². The Balaban J connectivity index is 1.46. The zero-order chi connectivity index (χ0) is 24.1. The highest BCUT2D eigenvalue weighted by molar-refractivity contribution is 5.44. The summed E-state index contributed by atoms with van der Waals surface area (Å²) in [5.74, 6) is 1.22. The molecular formula is C28H26O6. The molecule has 0 saturated carbocycles. The first-order valence-corrected chi connectivity index (χ1v) is 11.0. The number of hydrogen-bond acceptors (Lipinski definition) is 6. The molecule has 0 aliphatic carbocycles. The molecule has 0 aromatic heterocycles. The predicted molar refractivity (Wildman–Crippen MR) is 129 cm³/mol. The molecule has 0 radical (unpaired) electrons. The Hall–Kier alpha value is -4.32. The SMILES string of the molecule is Oc1cccc(CCc2cc(O)cc(Oc3cc(O)cc(CCc4cc(O)cc(O)c4)c3)c2)c1. The molecule has 0 heterocycles. The van der Waals surface area contributed by atoms with Crippen molar-refractivity contribution in [3.05, 3.63) is 101 Å². The highest BCUT2D eigenvalue weighted by Crippen LogP contribution is 2.31. The molecule has 4 aromatic rings. The lowest BCUT2D eigenvalue weighted by molar-refractivity contribution is 0.443. The van der Waals surface area contributed by atoms with Gasteiger partial charge in [-0.3, -0.25) is 0 Å². The molecule has 0 saturated heterocycles. The van der Waals surface area contributed by atoms with E-state index in [1.165, 1.54) is 18.2 Å². The van der Waals surface area contributed by atoms with E-state index in [0.29, 0.717) is 37.2 Å². The van der Waals surface area contributed by atoms with E-state index in [0.717, 1.165) is 22.3 Å². The third-order valence-corrected chi connectivity index (χ3v) is 5.42. The lowest BCUT2D eigenvalue weighted by Gasteiger charge is -2.11. The van der Waals surface area contributed by atoms with Crippen LogP contribution in [0.2, 0.25) is 0 Å². The highest BCUT2D eigenvalue weighted by Gasteiger charge is 2.08. The van der Waals surface area contributed by atoms with Gasteiger partial charge in [0, 0.05) is 18.2 Å². The molecule has 0 amide bonds. The van der Waals surface area contributed by atoms with E-state index in [-0.39, 0.29) is 28.7 Å². The number of benzene rings is 4. The van der Waals surface area contributed by atoms with Crippen LogP contribution < -0.4 is 4.74 Å². The van der Waals surface area contributed by atoms with Crippen LogP contribution in [0.4, 0.5) is 0 Å². The van der Waals surface area contributed by atoms with E-state index in [1.807, 2.05) is 12.1 Å². The van der Waals surface area contributed by atoms with Crippen LogP contribution in [0.15, 0.2) is 78.9 Å². The molecule has 0 fully saturated rings. The van der Waals surface area contributed by atoms with Crippen LogP contribution in [0.5, 0.6) is 40.2 Å². The molecule has 6 nitrogen and oxygen atoms in total. The Kier molecular flexibility index (Phi) is 6.78. The fourth-order valence-corrected chi connectivity index (χ4v) is 3.92. The first kappa shape index (κ1) is 22.9. The minimum Gasteiger partial charge on any atom is -0.508 e. The first-order chi connectivity index (χ1) is 16.3. The van der Waals surface area contributed by atoms with Gasteiger partial charge < -0.3 is 30.3 Å². The van der Waals surface area contributed by atoms with E-state index < -0.39 is 0 Å². The number of phenols is 5. The summed E-state index contributed by atoms with van der Waals surface area (Å²) < 4.78 is 5.94. The molecule has 4 aromatic carbocycles. The average molecular weight is 459 g/mol. The summed E-state index contributed by atoms with van der Waals surface area (Å²) in [6.07, 6.45) is 2.45. The second kappa shape index (κ2) is 10.1. The number of ether oxygens (including phenoxy) is 1. The number of rotatable bonds is 8. The second-order valence-electron chi connectivity index (χ2n) is 8.30. The lowest BCUT2D eigenvalue weighted by atomic mass is 10.0. The maximum Gasteiger partial charge on any atom is 0.131 e. The van der Waals surface area contributed by atoms with Crippen LogP contribution >= 0.6 is 0 Å². The van der Waals surface area contributed by atoms with Crippen LogP contribution in [0, 0.1) is 0 Å². The van der Waals surface area contributed by atoms with Gasteiger partial charge in [0.2, 0.25) is 0 Å². The molecule has 5 N–H and O–H groups in total. The van der Waals surface area contributed by atoms with Crippen molar-refractivity contribution < 1.29 is 30.3 Å². The van der Waals surface area contributed by atoms with Crippen molar-refractivity contribution in [2.24, 2.45) is 0 Å². The lowest BCUT2D eigenvalue weighted by Crippen LogP contribution is -1.94. The maximum absolute atomic E-state index is 10.2. The summed E-state index contributed by atoms with van der Waals surface area (Å²) >= 11 is 0. The summed E-state index contributed by atoms with van der Waals surface area (Å²) in [6.45, 7) is 0. The van der Waals surface area contributed by atoms with Gasteiger partial charge in [0.05, 0.1) is 0 Å². The average Bonchev–Trinajstić information content (AvgIpc) is 2.75. The number of aryl methyl sites for hydroxylation is 4. The Morgan fingerprint density at radius 2 is 0.824 bits per heavy atom. The normalized spacial score (nSPS) is 10.8. The van der Waals surface area contributed by atoms with Gasteiger partial charge in [0.15, 0.2) is 0 Å². The van der Waals surface area contributed by atoms with E-state index in [9.17, 15) is 25.5 Å². The maximum atomic E-state index is 10.2. The highest BCUT2D eigenvalue weighted by atomic mass is 16.5. The fourth-order valence-electron chi connectivity index (χ4n) is 3.92. The Labute approximate surface area is 197 Å². The zero-order valence-electron chi connectivity index (χ0n) is 18.5. The van der Waals surface area contributed by atoms with E-state index in [1.54, 1.807) is 48.5 Å². The van der Waals surface area contributed by atoms with Crippen LogP contribution in [0.1, 0.15) is 22.3 Å². The monoisotopic (exact) mass is 458 g/mol. The van der Waals surface area contributed by atoms with Crippen LogP contribution in [0.3, 0.4) is 0 Å². The van der Waals surface area contributed by atoms with Crippen molar-refractivity contribution in [1.82, 2.24) is 0 Å². The molecule has 4 rings (SSSR count). The summed E-state index contributed by atoms with van der Waals surface area (Å²) in [5, 5.41) is 49.3. The molecule has 0 aliphatic rings. The number of phenolic OH excluding ortho intramolecular Hbond substituents is 5. The van der Waals surface area contributed by atoms with Crippen molar-refractivity contribution in [3.8, 4) is 40.2 Å². The fraction of sp³-hybridized carbons (Fsp3) is 0.143. The first-order valence-electron chi connectivity index (χ1n) is 11.0. The number of aromatic hydroxyl groups is 5. The number of hydrogen-bond donors (Lipinski definition) is 5. The van der Waals surface area contributed by atoms with Crippen LogP contribution in [-0.4, -0.2) is 25.5 Å². The van der Waals surface area contributed by atoms with E-state index in [2.05, 4.69) is 0 Å². The second-order valence-corrected chi connectivity index (χ2v) is 8.30. The molecule has 174 valence electrons. The molecule has 34 heavy (non-hydrogen) atoms. The van der Waals surface area contributed by atoms with E-state index in [4.69, 9.17) is 4.74 Å². The molecule has 0 spiro atoms. The Morgan fingerprint density at radius 3 is 1.32 bits per heavy atom. The minimum atomic E-state index is -0.00122.